The number of hydrogen-bond donors (Lipinski definition) is 1. The molecule has 0 spiro atoms. The van der Waals surface area contributed by atoms with E-state index in [2.05, 4.69) is 0 Å². The van der Waals surface area contributed by atoms with E-state index in [-0.39, 0.29) is 5.82 Å². The summed E-state index contributed by atoms with van der Waals surface area (Å²) < 4.78 is 31.8. The van der Waals surface area contributed by atoms with Crippen molar-refractivity contribution in [2.75, 3.05) is 6.61 Å². The normalized spacial score (nSPS) is 19.3. The van der Waals surface area contributed by atoms with E-state index in [1.165, 1.54) is 6.07 Å². The van der Waals surface area contributed by atoms with Gasteiger partial charge < -0.3 is 19.2 Å². The molecule has 6 heteroatoms. The van der Waals surface area contributed by atoms with E-state index in [1.807, 2.05) is 27.7 Å². The molecule has 1 aromatic carbocycles. The molecule has 4 nitrogen and oxygen atoms in total. The van der Waals surface area contributed by atoms with Crippen molar-refractivity contribution in [3.63, 3.8) is 0 Å². The molecule has 0 saturated carbocycles. The van der Waals surface area contributed by atoms with Crippen LogP contribution in [0.3, 0.4) is 0 Å². The summed E-state index contributed by atoms with van der Waals surface area (Å²) in [4.78, 5) is 0. The van der Waals surface area contributed by atoms with Gasteiger partial charge in [-0.3, -0.25) is 0 Å². The van der Waals surface area contributed by atoms with Gasteiger partial charge in [-0.25, -0.2) is 4.39 Å². The van der Waals surface area contributed by atoms with Crippen molar-refractivity contribution in [1.29, 1.82) is 0 Å². The molecule has 0 aromatic heterocycles. The van der Waals surface area contributed by atoms with Crippen LogP contribution in [0.1, 0.15) is 60.8 Å². The molecule has 0 unspecified atom stereocenters. The number of rotatable bonds is 7. The Hall–Kier alpha value is -1.11. The third-order valence-corrected chi connectivity index (χ3v) is 4.93. The SMILES string of the molecule is CC(C)(O)CCCCOc1ccc(F)c(B2OC(C)(C)C(C)(C)O2)c1. The van der Waals surface area contributed by atoms with E-state index in [1.54, 1.807) is 26.0 Å². The number of aliphatic hydroxyl groups is 1. The Morgan fingerprint density at radius 2 is 1.72 bits per heavy atom. The van der Waals surface area contributed by atoms with Crippen LogP contribution >= 0.6 is 0 Å². The van der Waals surface area contributed by atoms with Gasteiger partial charge in [0.2, 0.25) is 0 Å². The van der Waals surface area contributed by atoms with Crippen LogP contribution in [0.2, 0.25) is 0 Å². The number of ether oxygens (including phenoxy) is 1. The first-order chi connectivity index (χ1) is 11.4. The highest BCUT2D eigenvalue weighted by atomic mass is 19.1. The van der Waals surface area contributed by atoms with E-state index in [4.69, 9.17) is 14.0 Å². The predicted octanol–water partition coefficient (Wildman–Crippen LogP) is 3.44. The lowest BCUT2D eigenvalue weighted by Gasteiger charge is -2.32. The molecule has 1 aliphatic rings. The third kappa shape index (κ3) is 5.19. The van der Waals surface area contributed by atoms with E-state index in [0.717, 1.165) is 19.3 Å². The highest BCUT2D eigenvalue weighted by Crippen LogP contribution is 2.36. The maximum Gasteiger partial charge on any atom is 0.497 e. The summed E-state index contributed by atoms with van der Waals surface area (Å²) >= 11 is 0. The zero-order valence-corrected chi connectivity index (χ0v) is 16.2. The van der Waals surface area contributed by atoms with Gasteiger partial charge in [-0.2, -0.15) is 0 Å². The van der Waals surface area contributed by atoms with Gasteiger partial charge >= 0.3 is 7.12 Å². The summed E-state index contributed by atoms with van der Waals surface area (Å²) in [5.74, 6) is 0.224. The molecule has 0 radical (unpaired) electrons. The number of hydrogen-bond acceptors (Lipinski definition) is 4. The first kappa shape index (κ1) is 20.2. The van der Waals surface area contributed by atoms with Crippen LogP contribution in [0.5, 0.6) is 5.75 Å². The van der Waals surface area contributed by atoms with Gasteiger partial charge in [0.05, 0.1) is 23.4 Å². The van der Waals surface area contributed by atoms with Gasteiger partial charge in [0.1, 0.15) is 11.6 Å². The van der Waals surface area contributed by atoms with Crippen LogP contribution in [0, 0.1) is 5.82 Å². The Bertz CT molecular complexity index is 580. The minimum Gasteiger partial charge on any atom is -0.494 e. The molecule has 1 aromatic rings. The highest BCUT2D eigenvalue weighted by molar-refractivity contribution is 6.62. The van der Waals surface area contributed by atoms with Crippen LogP contribution in [0.15, 0.2) is 18.2 Å². The molecule has 140 valence electrons. The Kier molecular flexibility index (Phi) is 5.86. The van der Waals surface area contributed by atoms with Crippen molar-refractivity contribution in [1.82, 2.24) is 0 Å². The standard InChI is InChI=1S/C19H30BFO4/c1-17(2,22)11-7-8-12-23-14-9-10-16(21)15(13-14)20-24-18(3,4)19(5,6)25-20/h9-10,13,22H,7-8,11-12H2,1-6H3. The summed E-state index contributed by atoms with van der Waals surface area (Å²) in [7, 11) is -0.747. The smallest absolute Gasteiger partial charge is 0.494 e. The van der Waals surface area contributed by atoms with Gasteiger partial charge in [-0.1, -0.05) is 0 Å². The van der Waals surface area contributed by atoms with Gasteiger partial charge in [-0.05, 0) is 79.0 Å². The quantitative estimate of drug-likeness (QED) is 0.603. The lowest BCUT2D eigenvalue weighted by Crippen LogP contribution is -2.41. The van der Waals surface area contributed by atoms with Crippen LogP contribution in [0.4, 0.5) is 4.39 Å². The Morgan fingerprint density at radius 1 is 1.12 bits per heavy atom. The third-order valence-electron chi connectivity index (χ3n) is 4.93. The first-order valence-corrected chi connectivity index (χ1v) is 8.92. The van der Waals surface area contributed by atoms with Crippen LogP contribution in [-0.4, -0.2) is 35.6 Å². The minimum absolute atomic E-state index is 0.354. The molecule has 1 aliphatic heterocycles. The molecule has 25 heavy (non-hydrogen) atoms. The Balaban J connectivity index is 1.97. The van der Waals surface area contributed by atoms with E-state index in [0.29, 0.717) is 17.8 Å². The van der Waals surface area contributed by atoms with Crippen molar-refractivity contribution < 1.29 is 23.5 Å². The minimum atomic E-state index is -0.747. The molecule has 0 amide bonds. The lowest BCUT2D eigenvalue weighted by atomic mass is 9.78. The average Bonchev–Trinajstić information content (AvgIpc) is 2.67. The monoisotopic (exact) mass is 352 g/mol. The molecule has 2 rings (SSSR count). The highest BCUT2D eigenvalue weighted by Gasteiger charge is 2.52. The van der Waals surface area contributed by atoms with Crippen molar-refractivity contribution in [3.05, 3.63) is 24.0 Å². The van der Waals surface area contributed by atoms with Crippen molar-refractivity contribution in [3.8, 4) is 5.75 Å². The topological polar surface area (TPSA) is 47.9 Å². The molecular formula is C19H30BFO4. The van der Waals surface area contributed by atoms with Gasteiger partial charge in [-0.15, -0.1) is 0 Å². The maximum absolute atomic E-state index is 14.3. The number of benzene rings is 1. The van der Waals surface area contributed by atoms with Crippen molar-refractivity contribution in [2.45, 2.75) is 77.6 Å². The van der Waals surface area contributed by atoms with Crippen molar-refractivity contribution >= 4 is 12.6 Å². The fourth-order valence-corrected chi connectivity index (χ4v) is 2.61. The lowest BCUT2D eigenvalue weighted by molar-refractivity contribution is 0.00578. The number of unbranched alkanes of at least 4 members (excludes halogenated alkanes) is 1. The molecule has 1 saturated heterocycles. The zero-order chi connectivity index (χ0) is 18.9. The van der Waals surface area contributed by atoms with Gasteiger partial charge in [0.25, 0.3) is 0 Å². The molecule has 0 aliphatic carbocycles. The molecular weight excluding hydrogens is 322 g/mol. The van der Waals surface area contributed by atoms with Crippen LogP contribution in [-0.2, 0) is 9.31 Å². The largest absolute Gasteiger partial charge is 0.497 e. The summed E-state index contributed by atoms with van der Waals surface area (Å²) in [6, 6.07) is 4.64. The molecule has 0 atom stereocenters. The second kappa shape index (κ2) is 7.26. The molecule has 1 fully saturated rings. The number of halogens is 1. The average molecular weight is 352 g/mol. The fourth-order valence-electron chi connectivity index (χ4n) is 2.61. The van der Waals surface area contributed by atoms with Crippen molar-refractivity contribution in [2.24, 2.45) is 0 Å². The van der Waals surface area contributed by atoms with Crippen LogP contribution < -0.4 is 10.2 Å². The second-order valence-electron chi connectivity index (χ2n) is 8.39. The van der Waals surface area contributed by atoms with Gasteiger partial charge in [0, 0.05) is 5.46 Å². The summed E-state index contributed by atoms with van der Waals surface area (Å²) in [6.45, 7) is 11.9. The molecule has 1 N–H and O–H groups in total. The van der Waals surface area contributed by atoms with E-state index in [9.17, 15) is 9.50 Å². The van der Waals surface area contributed by atoms with E-state index >= 15 is 0 Å². The van der Waals surface area contributed by atoms with E-state index < -0.39 is 23.9 Å². The Morgan fingerprint density at radius 3 is 2.28 bits per heavy atom. The fraction of sp³-hybridized carbons (Fsp3) is 0.684. The Labute approximate surface area is 150 Å². The van der Waals surface area contributed by atoms with Crippen LogP contribution in [0.25, 0.3) is 0 Å². The maximum atomic E-state index is 14.3. The summed E-state index contributed by atoms with van der Waals surface area (Å²) in [5, 5.41) is 9.70. The van der Waals surface area contributed by atoms with Gasteiger partial charge in [0.15, 0.2) is 0 Å². The predicted molar refractivity (Wildman–Crippen MR) is 97.8 cm³/mol. The summed E-state index contributed by atoms with van der Waals surface area (Å²) in [6.07, 6.45) is 2.42. The second-order valence-corrected chi connectivity index (χ2v) is 8.39. The molecule has 1 heterocycles. The zero-order valence-electron chi connectivity index (χ0n) is 16.2. The summed E-state index contributed by atoms with van der Waals surface area (Å²) in [5.41, 5.74) is -1.33. The first-order valence-electron chi connectivity index (χ1n) is 8.92. The molecule has 0 bridgehead atoms.